The summed E-state index contributed by atoms with van der Waals surface area (Å²) in [5, 5.41) is 2.92. The molecule has 2 atom stereocenters. The van der Waals surface area contributed by atoms with Crippen LogP contribution in [0.1, 0.15) is 64.9 Å². The minimum absolute atomic E-state index is 0.0836. The normalized spacial score (nSPS) is 24.4. The third-order valence-corrected chi connectivity index (χ3v) is 6.66. The van der Waals surface area contributed by atoms with Crippen LogP contribution in [0.4, 0.5) is 0 Å². The van der Waals surface area contributed by atoms with Crippen molar-refractivity contribution in [2.24, 2.45) is 16.7 Å². The second-order valence-corrected chi connectivity index (χ2v) is 9.93. The number of rotatable bonds is 8. The number of likely N-dealkylation sites (tertiary alicyclic amines) is 1. The van der Waals surface area contributed by atoms with Crippen molar-refractivity contribution >= 4 is 17.8 Å². The number of carbonyl (C=O) groups excluding carboxylic acids is 3. The average Bonchev–Trinajstić information content (AvgIpc) is 2.76. The summed E-state index contributed by atoms with van der Waals surface area (Å²) in [6.07, 6.45) is 5.69. The summed E-state index contributed by atoms with van der Waals surface area (Å²) < 4.78 is 5.29. The second-order valence-electron chi connectivity index (χ2n) is 9.93. The lowest BCUT2D eigenvalue weighted by Gasteiger charge is -2.51. The van der Waals surface area contributed by atoms with Crippen molar-refractivity contribution in [1.29, 1.82) is 0 Å². The highest BCUT2D eigenvalue weighted by Crippen LogP contribution is 2.55. The molecule has 6 nitrogen and oxygen atoms in total. The van der Waals surface area contributed by atoms with Crippen molar-refractivity contribution < 1.29 is 19.1 Å². The number of fused-ring (bicyclic) bond motifs is 1. The number of hydrogen-bond acceptors (Lipinski definition) is 4. The van der Waals surface area contributed by atoms with Crippen LogP contribution in [0.5, 0.6) is 0 Å². The van der Waals surface area contributed by atoms with Gasteiger partial charge < -0.3 is 15.0 Å². The van der Waals surface area contributed by atoms with Gasteiger partial charge >= 0.3 is 5.97 Å². The minimum atomic E-state index is -0.923. The van der Waals surface area contributed by atoms with Gasteiger partial charge in [0, 0.05) is 24.6 Å². The predicted octanol–water partition coefficient (Wildman–Crippen LogP) is 4.20. The average molecular weight is 441 g/mol. The van der Waals surface area contributed by atoms with E-state index in [-0.39, 0.29) is 29.6 Å². The molecule has 32 heavy (non-hydrogen) atoms. The number of unbranched alkanes of at least 4 members (excludes halogenated alkanes) is 1. The van der Waals surface area contributed by atoms with Crippen LogP contribution in [0, 0.1) is 16.7 Å². The first-order valence-corrected chi connectivity index (χ1v) is 11.6. The van der Waals surface area contributed by atoms with Crippen molar-refractivity contribution in [3.63, 3.8) is 0 Å². The maximum atomic E-state index is 13.6. The minimum Gasteiger partial charge on any atom is -0.468 e. The van der Waals surface area contributed by atoms with E-state index in [0.717, 1.165) is 30.5 Å². The first kappa shape index (κ1) is 24.0. The monoisotopic (exact) mass is 440 g/mol. The maximum absolute atomic E-state index is 13.6. The molecule has 0 aromatic heterocycles. The standard InChI is InChI=1S/C26H36N2O4/c1-5-6-14-27-22(29)15-20-16-26(24(31)32-4)18-25(2,3)13-12-21(26)28(23(20)30)17-19-10-8-7-9-11-19/h7-12,20H,5-6,13-18H2,1-4H3,(H,27,29)/t20-,26-/m1/s1. The Kier molecular flexibility index (Phi) is 7.42. The first-order chi connectivity index (χ1) is 15.2. The third kappa shape index (κ3) is 5.05. The molecule has 1 N–H and O–H groups in total. The Bertz CT molecular complexity index is 877. The largest absolute Gasteiger partial charge is 0.468 e. The molecule has 0 radical (unpaired) electrons. The molecule has 2 amide bonds. The number of amides is 2. The highest BCUT2D eigenvalue weighted by molar-refractivity contribution is 5.92. The summed E-state index contributed by atoms with van der Waals surface area (Å²) in [6.45, 7) is 7.31. The van der Waals surface area contributed by atoms with Crippen LogP contribution in [0.3, 0.4) is 0 Å². The number of piperidine rings is 1. The summed E-state index contributed by atoms with van der Waals surface area (Å²) in [7, 11) is 1.40. The van der Waals surface area contributed by atoms with Gasteiger partial charge in [-0.2, -0.15) is 0 Å². The van der Waals surface area contributed by atoms with Crippen LogP contribution >= 0.6 is 0 Å². The molecule has 1 aromatic carbocycles. The molecule has 174 valence electrons. The van der Waals surface area contributed by atoms with E-state index in [1.165, 1.54) is 7.11 Å². The number of benzene rings is 1. The van der Waals surface area contributed by atoms with E-state index in [9.17, 15) is 14.4 Å². The Labute approximate surface area is 191 Å². The number of allylic oxidation sites excluding steroid dienone is 1. The van der Waals surface area contributed by atoms with Gasteiger partial charge in [-0.3, -0.25) is 14.4 Å². The molecular formula is C26H36N2O4. The van der Waals surface area contributed by atoms with Gasteiger partial charge in [-0.05, 0) is 36.7 Å². The van der Waals surface area contributed by atoms with E-state index in [1.807, 2.05) is 36.4 Å². The Morgan fingerprint density at radius 2 is 1.94 bits per heavy atom. The first-order valence-electron chi connectivity index (χ1n) is 11.6. The fourth-order valence-corrected chi connectivity index (χ4v) is 5.18. The lowest BCUT2D eigenvalue weighted by atomic mass is 9.59. The molecule has 1 saturated heterocycles. The molecule has 1 heterocycles. The molecule has 1 aliphatic heterocycles. The molecule has 1 fully saturated rings. The van der Waals surface area contributed by atoms with Crippen molar-refractivity contribution in [3.8, 4) is 0 Å². The van der Waals surface area contributed by atoms with Gasteiger partial charge in [0.2, 0.25) is 11.8 Å². The molecule has 3 rings (SSSR count). The van der Waals surface area contributed by atoms with E-state index in [1.54, 1.807) is 4.90 Å². The number of nitrogens with zero attached hydrogens (tertiary/aromatic N) is 1. The van der Waals surface area contributed by atoms with Crippen LogP contribution < -0.4 is 5.32 Å². The van der Waals surface area contributed by atoms with Crippen molar-refractivity contribution in [2.75, 3.05) is 13.7 Å². The molecule has 0 spiro atoms. The molecule has 0 bridgehead atoms. The summed E-state index contributed by atoms with van der Waals surface area (Å²) in [4.78, 5) is 41.2. The molecular weight excluding hydrogens is 404 g/mol. The van der Waals surface area contributed by atoms with Crippen molar-refractivity contribution in [1.82, 2.24) is 10.2 Å². The molecule has 1 aromatic rings. The zero-order valence-electron chi connectivity index (χ0n) is 19.8. The zero-order chi connectivity index (χ0) is 23.4. The van der Waals surface area contributed by atoms with E-state index >= 15 is 0 Å². The van der Waals surface area contributed by atoms with Crippen LogP contribution in [-0.2, 0) is 25.7 Å². The number of hydrogen-bond donors (Lipinski definition) is 1. The SMILES string of the molecule is CCCCNC(=O)C[C@@H]1C[C@@]2(C(=O)OC)CC(C)(C)CC=C2N(Cc2ccccc2)C1=O. The number of methoxy groups -OCH3 is 1. The predicted molar refractivity (Wildman–Crippen MR) is 123 cm³/mol. The molecule has 1 aliphatic carbocycles. The van der Waals surface area contributed by atoms with Gasteiger partial charge in [-0.15, -0.1) is 0 Å². The molecule has 6 heteroatoms. The van der Waals surface area contributed by atoms with Gasteiger partial charge in [0.15, 0.2) is 0 Å². The van der Waals surface area contributed by atoms with Crippen LogP contribution in [0.2, 0.25) is 0 Å². The highest BCUT2D eigenvalue weighted by Gasteiger charge is 2.57. The fourth-order valence-electron chi connectivity index (χ4n) is 5.18. The van der Waals surface area contributed by atoms with E-state index < -0.39 is 11.3 Å². The summed E-state index contributed by atoms with van der Waals surface area (Å²) in [5.74, 6) is -1.12. The van der Waals surface area contributed by atoms with Gasteiger partial charge in [0.05, 0.1) is 13.7 Å². The second kappa shape index (κ2) is 9.88. The van der Waals surface area contributed by atoms with Crippen molar-refractivity contribution in [2.45, 2.75) is 65.8 Å². The lowest BCUT2D eigenvalue weighted by Crippen LogP contribution is -2.55. The smallest absolute Gasteiger partial charge is 0.317 e. The van der Waals surface area contributed by atoms with Gasteiger partial charge in [-0.1, -0.05) is 63.6 Å². The van der Waals surface area contributed by atoms with E-state index in [0.29, 0.717) is 25.9 Å². The lowest BCUT2D eigenvalue weighted by molar-refractivity contribution is -0.162. The number of esters is 1. The van der Waals surface area contributed by atoms with Crippen molar-refractivity contribution in [3.05, 3.63) is 47.7 Å². The van der Waals surface area contributed by atoms with Crippen LogP contribution in [-0.4, -0.2) is 36.3 Å². The topological polar surface area (TPSA) is 75.7 Å². The number of ether oxygens (including phenoxy) is 1. The maximum Gasteiger partial charge on any atom is 0.317 e. The molecule has 0 saturated carbocycles. The fraction of sp³-hybridized carbons (Fsp3) is 0.577. The van der Waals surface area contributed by atoms with E-state index in [4.69, 9.17) is 4.74 Å². The third-order valence-electron chi connectivity index (χ3n) is 6.66. The zero-order valence-corrected chi connectivity index (χ0v) is 19.8. The Hall–Kier alpha value is -2.63. The Morgan fingerprint density at radius 3 is 2.59 bits per heavy atom. The number of carbonyl (C=O) groups is 3. The summed E-state index contributed by atoms with van der Waals surface area (Å²) in [5.41, 5.74) is 0.691. The summed E-state index contributed by atoms with van der Waals surface area (Å²) in [6, 6.07) is 9.76. The van der Waals surface area contributed by atoms with Gasteiger partial charge in [0.1, 0.15) is 5.41 Å². The van der Waals surface area contributed by atoms with Gasteiger partial charge in [0.25, 0.3) is 0 Å². The van der Waals surface area contributed by atoms with Crippen LogP contribution in [0.15, 0.2) is 42.1 Å². The van der Waals surface area contributed by atoms with Gasteiger partial charge in [-0.25, -0.2) is 0 Å². The number of nitrogens with one attached hydrogen (secondary N) is 1. The molecule has 0 unspecified atom stereocenters. The van der Waals surface area contributed by atoms with Crippen LogP contribution in [0.25, 0.3) is 0 Å². The molecule has 2 aliphatic rings. The summed E-state index contributed by atoms with van der Waals surface area (Å²) >= 11 is 0. The Morgan fingerprint density at radius 1 is 1.22 bits per heavy atom. The van der Waals surface area contributed by atoms with E-state index in [2.05, 4.69) is 26.1 Å². The quantitative estimate of drug-likeness (QED) is 0.485. The highest BCUT2D eigenvalue weighted by atomic mass is 16.5. The Balaban J connectivity index is 1.98.